The third-order valence-electron chi connectivity index (χ3n) is 3.00. The van der Waals surface area contributed by atoms with Crippen LogP contribution in [0.2, 0.25) is 10.0 Å². The maximum atomic E-state index is 11.8. The highest BCUT2D eigenvalue weighted by Gasteiger charge is 2.10. The number of aromatic amines is 2. The van der Waals surface area contributed by atoms with E-state index in [1.165, 1.54) is 6.21 Å². The lowest BCUT2D eigenvalue weighted by molar-refractivity contribution is -0.118. The van der Waals surface area contributed by atoms with E-state index in [1.807, 2.05) is 18.8 Å². The van der Waals surface area contributed by atoms with Gasteiger partial charge in [0.2, 0.25) is 5.91 Å². The summed E-state index contributed by atoms with van der Waals surface area (Å²) in [4.78, 5) is 36.2. The molecule has 0 aliphatic heterocycles. The van der Waals surface area contributed by atoms with Crippen molar-refractivity contribution in [2.24, 2.45) is 11.0 Å². The number of hydrazone groups is 1. The molecule has 0 atom stereocenters. The number of ether oxygens (including phenoxy) is 1. The number of H-pyrrole nitrogens is 2. The van der Waals surface area contributed by atoms with Crippen molar-refractivity contribution in [2.45, 2.75) is 18.9 Å². The molecule has 0 unspecified atom stereocenters. The quantitative estimate of drug-likeness (QED) is 0.323. The Morgan fingerprint density at radius 1 is 1.36 bits per heavy atom. The summed E-state index contributed by atoms with van der Waals surface area (Å²) in [5.74, 6) is 0.127. The van der Waals surface area contributed by atoms with Crippen LogP contribution in [0.4, 0.5) is 0 Å². The van der Waals surface area contributed by atoms with Crippen LogP contribution in [-0.2, 0) is 4.79 Å². The highest BCUT2D eigenvalue weighted by atomic mass is 35.5. The molecule has 0 radical (unpaired) electrons. The first-order valence-electron chi connectivity index (χ1n) is 8.01. The van der Waals surface area contributed by atoms with Gasteiger partial charge in [0.1, 0.15) is 0 Å². The molecule has 1 aromatic carbocycles. The van der Waals surface area contributed by atoms with Crippen LogP contribution in [0, 0.1) is 5.92 Å². The number of aromatic nitrogens is 3. The molecule has 0 spiro atoms. The molecule has 2 aromatic rings. The van der Waals surface area contributed by atoms with Crippen LogP contribution in [0.5, 0.6) is 5.75 Å². The van der Waals surface area contributed by atoms with Gasteiger partial charge in [-0.2, -0.15) is 10.2 Å². The van der Waals surface area contributed by atoms with Crippen LogP contribution in [0.3, 0.4) is 0 Å². The summed E-state index contributed by atoms with van der Waals surface area (Å²) in [6, 6.07) is 3.22. The van der Waals surface area contributed by atoms with Crippen molar-refractivity contribution in [3.63, 3.8) is 0 Å². The summed E-state index contributed by atoms with van der Waals surface area (Å²) in [7, 11) is 0. The number of nitrogens with one attached hydrogen (secondary N) is 3. The van der Waals surface area contributed by atoms with Gasteiger partial charge in [0.15, 0.2) is 10.8 Å². The maximum absolute atomic E-state index is 11.8. The predicted octanol–water partition coefficient (Wildman–Crippen LogP) is 2.04. The molecule has 0 aliphatic rings. The lowest BCUT2D eigenvalue weighted by Crippen LogP contribution is -2.26. The van der Waals surface area contributed by atoms with E-state index >= 15 is 0 Å². The molecule has 1 aromatic heterocycles. The van der Waals surface area contributed by atoms with E-state index in [0.29, 0.717) is 33.9 Å². The molecule has 2 rings (SSSR count). The third kappa shape index (κ3) is 6.70. The number of carbonyl (C=O) groups is 1. The normalized spacial score (nSPS) is 11.2. The van der Waals surface area contributed by atoms with Gasteiger partial charge >= 0.3 is 5.69 Å². The third-order valence-corrected chi connectivity index (χ3v) is 4.52. The molecular weight excluding hydrogens is 429 g/mol. The number of rotatable bonds is 8. The van der Waals surface area contributed by atoms with Crippen LogP contribution in [0.1, 0.15) is 19.4 Å². The monoisotopic (exact) mass is 445 g/mol. The van der Waals surface area contributed by atoms with E-state index in [0.717, 1.165) is 11.8 Å². The minimum Gasteiger partial charge on any atom is -0.490 e. The second kappa shape index (κ2) is 10.3. The van der Waals surface area contributed by atoms with Crippen LogP contribution in [-0.4, -0.2) is 39.7 Å². The van der Waals surface area contributed by atoms with Crippen molar-refractivity contribution < 1.29 is 9.53 Å². The van der Waals surface area contributed by atoms with E-state index < -0.39 is 17.2 Å². The molecule has 3 N–H and O–H groups in total. The number of carbonyl (C=O) groups excluding carboxylic acids is 1. The van der Waals surface area contributed by atoms with Crippen molar-refractivity contribution in [3.8, 4) is 5.75 Å². The van der Waals surface area contributed by atoms with Crippen molar-refractivity contribution in [3.05, 3.63) is 48.6 Å². The number of nitrogens with zero attached hydrogens (tertiary/aromatic N) is 2. The fourth-order valence-electron chi connectivity index (χ4n) is 1.82. The van der Waals surface area contributed by atoms with E-state index in [-0.39, 0.29) is 10.8 Å². The summed E-state index contributed by atoms with van der Waals surface area (Å²) in [6.07, 6.45) is 1.37. The van der Waals surface area contributed by atoms with E-state index in [1.54, 1.807) is 12.1 Å². The number of halogens is 2. The van der Waals surface area contributed by atoms with Crippen LogP contribution in [0.25, 0.3) is 0 Å². The van der Waals surface area contributed by atoms with E-state index in [2.05, 4.69) is 20.7 Å². The Bertz CT molecular complexity index is 966. The van der Waals surface area contributed by atoms with Gasteiger partial charge in [0.25, 0.3) is 5.56 Å². The molecule has 0 saturated heterocycles. The Balaban J connectivity index is 1.92. The Morgan fingerprint density at radius 2 is 2.04 bits per heavy atom. The SMILES string of the molecule is CC(C)COc1c(Cl)cc(/C=N/NC(=O)CSc2n[nH]c(=O)[nH]c2=O)cc1Cl. The van der Waals surface area contributed by atoms with Gasteiger partial charge in [0, 0.05) is 0 Å². The Morgan fingerprint density at radius 3 is 2.64 bits per heavy atom. The number of hydrogen-bond donors (Lipinski definition) is 3. The Kier molecular flexibility index (Phi) is 8.09. The predicted molar refractivity (Wildman–Crippen MR) is 109 cm³/mol. The van der Waals surface area contributed by atoms with Crippen molar-refractivity contribution >= 4 is 47.1 Å². The topological polar surface area (TPSA) is 129 Å². The van der Waals surface area contributed by atoms with Gasteiger partial charge < -0.3 is 4.74 Å². The largest absolute Gasteiger partial charge is 0.490 e. The summed E-state index contributed by atoms with van der Waals surface area (Å²) in [5.41, 5.74) is 1.48. The first-order chi connectivity index (χ1) is 13.3. The lowest BCUT2D eigenvalue weighted by atomic mass is 10.2. The molecule has 1 heterocycles. The smallest absolute Gasteiger partial charge is 0.342 e. The number of thioether (sulfide) groups is 1. The second-order valence-electron chi connectivity index (χ2n) is 5.91. The number of amides is 1. The second-order valence-corrected chi connectivity index (χ2v) is 7.69. The molecule has 9 nitrogen and oxygen atoms in total. The van der Waals surface area contributed by atoms with Gasteiger partial charge in [-0.05, 0) is 23.6 Å². The van der Waals surface area contributed by atoms with E-state index in [4.69, 9.17) is 27.9 Å². The summed E-state index contributed by atoms with van der Waals surface area (Å²) >= 11 is 13.2. The minimum atomic E-state index is -0.721. The minimum absolute atomic E-state index is 0.0331. The Labute approximate surface area is 173 Å². The highest BCUT2D eigenvalue weighted by Crippen LogP contribution is 2.34. The van der Waals surface area contributed by atoms with Crippen molar-refractivity contribution in [2.75, 3.05) is 12.4 Å². The average Bonchev–Trinajstić information content (AvgIpc) is 2.60. The molecule has 0 bridgehead atoms. The summed E-state index contributed by atoms with van der Waals surface area (Å²) in [6.45, 7) is 4.49. The number of hydrogen-bond acceptors (Lipinski definition) is 7. The van der Waals surface area contributed by atoms with Gasteiger partial charge in [-0.1, -0.05) is 48.8 Å². The van der Waals surface area contributed by atoms with Gasteiger partial charge in [-0.15, -0.1) is 0 Å². The molecule has 150 valence electrons. The van der Waals surface area contributed by atoms with Crippen molar-refractivity contribution in [1.82, 2.24) is 20.6 Å². The average molecular weight is 446 g/mol. The Hall–Kier alpha value is -2.30. The zero-order valence-corrected chi connectivity index (χ0v) is 17.2. The highest BCUT2D eigenvalue weighted by molar-refractivity contribution is 7.99. The van der Waals surface area contributed by atoms with Crippen molar-refractivity contribution in [1.29, 1.82) is 0 Å². The van der Waals surface area contributed by atoms with E-state index in [9.17, 15) is 14.4 Å². The molecule has 0 fully saturated rings. The molecule has 12 heteroatoms. The molecule has 28 heavy (non-hydrogen) atoms. The number of benzene rings is 1. The first kappa shape index (κ1) is 22.0. The van der Waals surface area contributed by atoms with Crippen LogP contribution < -0.4 is 21.4 Å². The van der Waals surface area contributed by atoms with Crippen LogP contribution in [0.15, 0.2) is 31.8 Å². The van der Waals surface area contributed by atoms with Crippen LogP contribution >= 0.6 is 35.0 Å². The summed E-state index contributed by atoms with van der Waals surface area (Å²) in [5, 5.41) is 10.1. The fraction of sp³-hybridized carbons (Fsp3) is 0.312. The van der Waals surface area contributed by atoms with Gasteiger partial charge in [-0.3, -0.25) is 14.6 Å². The zero-order chi connectivity index (χ0) is 20.7. The zero-order valence-electron chi connectivity index (χ0n) is 14.9. The first-order valence-corrected chi connectivity index (χ1v) is 9.76. The van der Waals surface area contributed by atoms with Gasteiger partial charge in [0.05, 0.1) is 28.6 Å². The maximum Gasteiger partial charge on any atom is 0.342 e. The molecule has 0 aliphatic carbocycles. The molecular formula is C16H17Cl2N5O4S. The lowest BCUT2D eigenvalue weighted by Gasteiger charge is -2.12. The fourth-order valence-corrected chi connectivity index (χ4v) is 3.06. The molecule has 0 saturated carbocycles. The summed E-state index contributed by atoms with van der Waals surface area (Å²) < 4.78 is 5.58. The molecule has 1 amide bonds. The standard InChI is InChI=1S/C16H17Cl2N5O4S/c1-8(2)6-27-13-10(17)3-9(4-11(13)18)5-19-21-12(24)7-28-15-14(25)20-16(26)23-22-15/h3-5,8H,6-7H2,1-2H3,(H,21,24)(H2,20,23,25,26)/b19-5+. The van der Waals surface area contributed by atoms with Gasteiger partial charge in [-0.25, -0.2) is 15.3 Å².